The normalized spacial score (nSPS) is 10.4. The zero-order chi connectivity index (χ0) is 13.9. The van der Waals surface area contributed by atoms with Crippen molar-refractivity contribution in [1.29, 1.82) is 0 Å². The summed E-state index contributed by atoms with van der Waals surface area (Å²) in [5, 5.41) is 11.9. The fourth-order valence-electron chi connectivity index (χ4n) is 1.54. The Morgan fingerprint density at radius 2 is 2.00 bits per heavy atom. The molecule has 0 fully saturated rings. The molecule has 5 nitrogen and oxygen atoms in total. The lowest BCUT2D eigenvalue weighted by Gasteiger charge is -1.99. The number of amides is 1. The number of carbonyl (C=O) groups is 1. The fourth-order valence-corrected chi connectivity index (χ4v) is 2.19. The molecule has 1 amide bonds. The number of nitrogens with zero attached hydrogens (tertiary/aromatic N) is 2. The number of halogens is 1. The van der Waals surface area contributed by atoms with E-state index in [1.807, 2.05) is 17.5 Å². The van der Waals surface area contributed by atoms with E-state index in [0.29, 0.717) is 11.5 Å². The summed E-state index contributed by atoms with van der Waals surface area (Å²) < 4.78 is 18.1. The van der Waals surface area contributed by atoms with Crippen LogP contribution in [0.15, 0.2) is 46.2 Å². The van der Waals surface area contributed by atoms with Gasteiger partial charge in [0.2, 0.25) is 0 Å². The van der Waals surface area contributed by atoms with Gasteiger partial charge in [-0.25, -0.2) is 4.39 Å². The van der Waals surface area contributed by atoms with Gasteiger partial charge in [-0.2, -0.15) is 0 Å². The van der Waals surface area contributed by atoms with Gasteiger partial charge in [0, 0.05) is 5.56 Å². The molecule has 1 N–H and O–H groups in total. The molecule has 3 aromatic rings. The predicted octanol–water partition coefficient (Wildman–Crippen LogP) is 3.19. The molecule has 0 bridgehead atoms. The van der Waals surface area contributed by atoms with Gasteiger partial charge in [-0.05, 0) is 35.7 Å². The average Bonchev–Trinajstić information content (AvgIpc) is 3.09. The second-order valence-corrected chi connectivity index (χ2v) is 4.80. The Morgan fingerprint density at radius 3 is 2.70 bits per heavy atom. The Labute approximate surface area is 117 Å². The van der Waals surface area contributed by atoms with Gasteiger partial charge < -0.3 is 4.42 Å². The quantitative estimate of drug-likeness (QED) is 0.804. The molecule has 0 radical (unpaired) electrons. The van der Waals surface area contributed by atoms with Crippen LogP contribution in [0.3, 0.4) is 0 Å². The molecular weight excluding hydrogens is 281 g/mol. The van der Waals surface area contributed by atoms with E-state index in [1.54, 1.807) is 0 Å². The third-order valence-corrected chi connectivity index (χ3v) is 3.34. The largest absolute Gasteiger partial charge is 0.402 e. The Bertz CT molecular complexity index is 722. The van der Waals surface area contributed by atoms with Gasteiger partial charge in [-0.3, -0.25) is 10.1 Å². The summed E-state index contributed by atoms with van der Waals surface area (Å²) in [4.78, 5) is 12.7. The summed E-state index contributed by atoms with van der Waals surface area (Å²) in [5.41, 5.74) is 0.308. The number of rotatable bonds is 3. The minimum atomic E-state index is -0.439. The number of nitrogens with one attached hydrogen (secondary N) is 1. The zero-order valence-corrected chi connectivity index (χ0v) is 10.9. The van der Waals surface area contributed by atoms with Crippen LogP contribution in [0.1, 0.15) is 10.4 Å². The van der Waals surface area contributed by atoms with Crippen molar-refractivity contribution in [3.8, 4) is 10.8 Å². The van der Waals surface area contributed by atoms with Crippen molar-refractivity contribution in [2.24, 2.45) is 0 Å². The Hall–Kier alpha value is -2.54. The van der Waals surface area contributed by atoms with E-state index in [1.165, 1.54) is 35.6 Å². The van der Waals surface area contributed by atoms with Crippen LogP contribution in [-0.4, -0.2) is 16.1 Å². The topological polar surface area (TPSA) is 68.0 Å². The summed E-state index contributed by atoms with van der Waals surface area (Å²) in [5.74, 6) is -0.500. The molecule has 2 heterocycles. The van der Waals surface area contributed by atoms with E-state index in [-0.39, 0.29) is 6.01 Å². The summed E-state index contributed by atoms with van der Waals surface area (Å²) in [7, 11) is 0. The van der Waals surface area contributed by atoms with Gasteiger partial charge in [0.05, 0.1) is 4.88 Å². The number of hydrogen-bond donors (Lipinski definition) is 1. The number of benzene rings is 1. The fraction of sp³-hybridized carbons (Fsp3) is 0. The number of hydrogen-bond acceptors (Lipinski definition) is 5. The minimum absolute atomic E-state index is 0.00252. The lowest BCUT2D eigenvalue weighted by Crippen LogP contribution is -2.12. The number of anilines is 1. The van der Waals surface area contributed by atoms with Crippen molar-refractivity contribution >= 4 is 23.3 Å². The predicted molar refractivity (Wildman–Crippen MR) is 72.0 cm³/mol. The molecule has 0 unspecified atom stereocenters. The maximum absolute atomic E-state index is 12.8. The van der Waals surface area contributed by atoms with Gasteiger partial charge >= 0.3 is 6.01 Å². The van der Waals surface area contributed by atoms with Crippen LogP contribution in [0.2, 0.25) is 0 Å². The number of carbonyl (C=O) groups excluding carboxylic acids is 1. The van der Waals surface area contributed by atoms with Crippen LogP contribution in [0.25, 0.3) is 10.8 Å². The lowest BCUT2D eigenvalue weighted by atomic mass is 10.2. The van der Waals surface area contributed by atoms with E-state index in [9.17, 15) is 9.18 Å². The first-order chi connectivity index (χ1) is 9.72. The van der Waals surface area contributed by atoms with Crippen molar-refractivity contribution in [2.45, 2.75) is 0 Å². The van der Waals surface area contributed by atoms with Crippen molar-refractivity contribution < 1.29 is 13.6 Å². The molecular formula is C13H8FN3O2S. The molecule has 7 heteroatoms. The van der Waals surface area contributed by atoms with Crippen molar-refractivity contribution in [2.75, 3.05) is 5.32 Å². The van der Waals surface area contributed by atoms with E-state index < -0.39 is 11.7 Å². The van der Waals surface area contributed by atoms with E-state index in [2.05, 4.69) is 15.5 Å². The third kappa shape index (κ3) is 2.57. The summed E-state index contributed by atoms with van der Waals surface area (Å²) in [6, 6.07) is 8.87. The maximum atomic E-state index is 12.8. The van der Waals surface area contributed by atoms with E-state index >= 15 is 0 Å². The lowest BCUT2D eigenvalue weighted by molar-refractivity contribution is 0.102. The first kappa shape index (κ1) is 12.5. The highest BCUT2D eigenvalue weighted by Gasteiger charge is 2.13. The van der Waals surface area contributed by atoms with Gasteiger partial charge in [0.1, 0.15) is 5.82 Å². The highest BCUT2D eigenvalue weighted by atomic mass is 32.1. The summed E-state index contributed by atoms with van der Waals surface area (Å²) in [6.07, 6.45) is 0. The van der Waals surface area contributed by atoms with Crippen LogP contribution >= 0.6 is 11.3 Å². The Balaban J connectivity index is 1.75. The molecule has 0 saturated carbocycles. The number of thiophene rings is 1. The Kier molecular flexibility index (Phi) is 3.26. The van der Waals surface area contributed by atoms with Crippen LogP contribution in [0, 0.1) is 5.82 Å². The molecule has 20 heavy (non-hydrogen) atoms. The SMILES string of the molecule is O=C(Nc1nnc(-c2cccs2)o1)c1ccc(F)cc1. The van der Waals surface area contributed by atoms with Gasteiger partial charge in [0.25, 0.3) is 11.8 Å². The maximum Gasteiger partial charge on any atom is 0.322 e. The van der Waals surface area contributed by atoms with Crippen molar-refractivity contribution in [3.05, 3.63) is 53.2 Å². The average molecular weight is 289 g/mol. The molecule has 3 rings (SSSR count). The van der Waals surface area contributed by atoms with Gasteiger partial charge in [-0.1, -0.05) is 11.2 Å². The van der Waals surface area contributed by atoms with E-state index in [0.717, 1.165) is 4.88 Å². The zero-order valence-electron chi connectivity index (χ0n) is 10.0. The first-order valence-corrected chi connectivity index (χ1v) is 6.54. The molecule has 100 valence electrons. The van der Waals surface area contributed by atoms with Crippen LogP contribution in [0.4, 0.5) is 10.4 Å². The first-order valence-electron chi connectivity index (χ1n) is 5.67. The monoisotopic (exact) mass is 289 g/mol. The van der Waals surface area contributed by atoms with E-state index in [4.69, 9.17) is 4.42 Å². The second kappa shape index (κ2) is 5.22. The summed E-state index contributed by atoms with van der Waals surface area (Å²) in [6.45, 7) is 0. The smallest absolute Gasteiger partial charge is 0.322 e. The van der Waals surface area contributed by atoms with Crippen LogP contribution < -0.4 is 5.32 Å². The Morgan fingerprint density at radius 1 is 1.20 bits per heavy atom. The van der Waals surface area contributed by atoms with Crippen LogP contribution in [0.5, 0.6) is 0 Å². The van der Waals surface area contributed by atoms with Crippen molar-refractivity contribution in [1.82, 2.24) is 10.2 Å². The molecule has 0 aliphatic heterocycles. The molecule has 1 aromatic carbocycles. The van der Waals surface area contributed by atoms with Crippen molar-refractivity contribution in [3.63, 3.8) is 0 Å². The number of aromatic nitrogens is 2. The highest BCUT2D eigenvalue weighted by Crippen LogP contribution is 2.24. The molecule has 0 atom stereocenters. The highest BCUT2D eigenvalue weighted by molar-refractivity contribution is 7.13. The molecule has 2 aromatic heterocycles. The third-order valence-electron chi connectivity index (χ3n) is 2.48. The minimum Gasteiger partial charge on any atom is -0.402 e. The van der Waals surface area contributed by atoms with Crippen LogP contribution in [-0.2, 0) is 0 Å². The molecule has 0 aliphatic carbocycles. The molecule has 0 aliphatic rings. The molecule has 0 spiro atoms. The standard InChI is InChI=1S/C13H8FN3O2S/c14-9-5-3-8(4-6-9)11(18)15-13-17-16-12(19-13)10-2-1-7-20-10/h1-7H,(H,15,17,18). The second-order valence-electron chi connectivity index (χ2n) is 3.85. The van der Waals surface area contributed by atoms with Gasteiger partial charge in [0.15, 0.2) is 0 Å². The summed E-state index contributed by atoms with van der Waals surface area (Å²) >= 11 is 1.46. The van der Waals surface area contributed by atoms with Gasteiger partial charge in [-0.15, -0.1) is 16.4 Å². The molecule has 0 saturated heterocycles.